The van der Waals surface area contributed by atoms with E-state index in [2.05, 4.69) is 0 Å². The van der Waals surface area contributed by atoms with Crippen LogP contribution in [0, 0.1) is 13.8 Å². The molecule has 186 valence electrons. The van der Waals surface area contributed by atoms with Gasteiger partial charge < -0.3 is 14.6 Å². The van der Waals surface area contributed by atoms with Gasteiger partial charge in [0.1, 0.15) is 5.76 Å². The summed E-state index contributed by atoms with van der Waals surface area (Å²) in [5, 5.41) is 11.9. The van der Waals surface area contributed by atoms with E-state index in [-0.39, 0.29) is 21.9 Å². The molecule has 0 aromatic heterocycles. The number of methoxy groups -OCH3 is 1. The van der Waals surface area contributed by atoms with Gasteiger partial charge >= 0.3 is 0 Å². The predicted molar refractivity (Wildman–Crippen MR) is 141 cm³/mol. The Balaban J connectivity index is 2.01. The molecule has 0 saturated carbocycles. The first-order valence-electron chi connectivity index (χ1n) is 11.3. The van der Waals surface area contributed by atoms with Crippen molar-refractivity contribution in [1.82, 2.24) is 0 Å². The van der Waals surface area contributed by atoms with E-state index in [0.717, 1.165) is 11.1 Å². The number of hydrogen-bond donors (Lipinski definition) is 1. The summed E-state index contributed by atoms with van der Waals surface area (Å²) in [6.07, 6.45) is 0. The lowest BCUT2D eigenvalue weighted by atomic mass is 9.94. The second-order valence-corrected chi connectivity index (χ2v) is 9.17. The quantitative estimate of drug-likeness (QED) is 0.221. The fourth-order valence-corrected chi connectivity index (χ4v) is 4.62. The van der Waals surface area contributed by atoms with Crippen LogP contribution in [0.4, 0.5) is 5.69 Å². The van der Waals surface area contributed by atoms with Crippen LogP contribution in [0.2, 0.25) is 10.0 Å². The SMILES string of the molecule is CCOc1cc(C2/C(=C(\O)c3ccc(Cl)c(Cl)c3)C(=O)C(=O)N2c2cccc(C)c2C)ccc1OC. The fraction of sp³-hybridized carbons (Fsp3) is 0.214. The predicted octanol–water partition coefficient (Wildman–Crippen LogP) is 6.64. The second kappa shape index (κ2) is 10.2. The van der Waals surface area contributed by atoms with Crippen LogP contribution in [0.5, 0.6) is 11.5 Å². The molecule has 0 aliphatic carbocycles. The monoisotopic (exact) mass is 525 g/mol. The Labute approximate surface area is 219 Å². The summed E-state index contributed by atoms with van der Waals surface area (Å²) in [5.74, 6) is -0.937. The Kier molecular flexibility index (Phi) is 7.29. The van der Waals surface area contributed by atoms with Gasteiger partial charge in [-0.15, -0.1) is 0 Å². The van der Waals surface area contributed by atoms with Gasteiger partial charge in [0, 0.05) is 11.3 Å². The van der Waals surface area contributed by atoms with Crippen molar-refractivity contribution in [2.75, 3.05) is 18.6 Å². The number of aryl methyl sites for hydroxylation is 1. The lowest BCUT2D eigenvalue weighted by Gasteiger charge is -2.28. The summed E-state index contributed by atoms with van der Waals surface area (Å²) < 4.78 is 11.2. The van der Waals surface area contributed by atoms with Gasteiger partial charge in [0.25, 0.3) is 11.7 Å². The maximum atomic E-state index is 13.5. The van der Waals surface area contributed by atoms with Crippen LogP contribution in [0.15, 0.2) is 60.2 Å². The van der Waals surface area contributed by atoms with Crippen molar-refractivity contribution < 1.29 is 24.2 Å². The zero-order valence-corrected chi connectivity index (χ0v) is 21.8. The van der Waals surface area contributed by atoms with Gasteiger partial charge in [-0.2, -0.15) is 0 Å². The van der Waals surface area contributed by atoms with E-state index in [1.54, 1.807) is 30.3 Å². The topological polar surface area (TPSA) is 76.1 Å². The van der Waals surface area contributed by atoms with E-state index < -0.39 is 17.7 Å². The molecule has 1 heterocycles. The van der Waals surface area contributed by atoms with Crippen molar-refractivity contribution in [3.8, 4) is 11.5 Å². The standard InChI is InChI=1S/C28H25Cl2NO5/c1-5-36-23-14-17(10-12-22(23)35-4)25-24(26(32)18-9-11-19(29)20(30)13-18)27(33)28(34)31(25)21-8-6-7-15(2)16(21)3/h6-14,25,32H,5H2,1-4H3/b26-24+. The Hall–Kier alpha value is -3.48. The average molecular weight is 526 g/mol. The lowest BCUT2D eigenvalue weighted by Crippen LogP contribution is -2.30. The molecule has 36 heavy (non-hydrogen) atoms. The number of anilines is 1. The molecule has 1 amide bonds. The van der Waals surface area contributed by atoms with Crippen LogP contribution in [-0.2, 0) is 9.59 Å². The Bertz CT molecular complexity index is 1400. The van der Waals surface area contributed by atoms with Crippen molar-refractivity contribution in [3.63, 3.8) is 0 Å². The number of Topliss-reactive ketones (excluding diaryl/α,β-unsaturated/α-hetero) is 1. The molecule has 4 rings (SSSR count). The summed E-state index contributed by atoms with van der Waals surface area (Å²) in [7, 11) is 1.53. The number of aliphatic hydroxyl groups excluding tert-OH is 1. The maximum Gasteiger partial charge on any atom is 0.300 e. The number of amides is 1. The molecule has 6 nitrogen and oxygen atoms in total. The normalized spacial score (nSPS) is 16.9. The highest BCUT2D eigenvalue weighted by atomic mass is 35.5. The minimum atomic E-state index is -0.926. The molecular weight excluding hydrogens is 501 g/mol. The number of aliphatic hydroxyl groups is 1. The van der Waals surface area contributed by atoms with Gasteiger partial charge in [-0.3, -0.25) is 14.5 Å². The van der Waals surface area contributed by atoms with Gasteiger partial charge in [-0.25, -0.2) is 0 Å². The molecule has 0 radical (unpaired) electrons. The second-order valence-electron chi connectivity index (χ2n) is 8.36. The molecule has 1 aliphatic rings. The summed E-state index contributed by atoms with van der Waals surface area (Å²) in [4.78, 5) is 28.3. The van der Waals surface area contributed by atoms with E-state index in [9.17, 15) is 14.7 Å². The van der Waals surface area contributed by atoms with Crippen molar-refractivity contribution in [3.05, 3.63) is 92.5 Å². The van der Waals surface area contributed by atoms with Crippen molar-refractivity contribution in [2.45, 2.75) is 26.8 Å². The number of nitrogens with zero attached hydrogens (tertiary/aromatic N) is 1. The highest BCUT2D eigenvalue weighted by Gasteiger charge is 2.47. The largest absolute Gasteiger partial charge is 0.507 e. The van der Waals surface area contributed by atoms with E-state index in [1.807, 2.05) is 32.9 Å². The van der Waals surface area contributed by atoms with E-state index in [4.69, 9.17) is 32.7 Å². The number of benzene rings is 3. The summed E-state index contributed by atoms with van der Waals surface area (Å²) in [6, 6.07) is 14.3. The molecule has 1 fully saturated rings. The zero-order chi connectivity index (χ0) is 26.1. The maximum absolute atomic E-state index is 13.5. The van der Waals surface area contributed by atoms with Gasteiger partial charge in [-0.1, -0.05) is 41.4 Å². The molecule has 0 bridgehead atoms. The van der Waals surface area contributed by atoms with Gasteiger partial charge in [-0.05, 0) is 73.9 Å². The third-order valence-corrected chi connectivity index (χ3v) is 7.02. The van der Waals surface area contributed by atoms with Crippen LogP contribution in [0.3, 0.4) is 0 Å². The average Bonchev–Trinajstić information content (AvgIpc) is 3.12. The number of ether oxygens (including phenoxy) is 2. The van der Waals surface area contributed by atoms with Gasteiger partial charge in [0.05, 0.1) is 35.4 Å². The molecule has 1 unspecified atom stereocenters. The Morgan fingerprint density at radius 3 is 2.42 bits per heavy atom. The Morgan fingerprint density at radius 1 is 1.00 bits per heavy atom. The van der Waals surface area contributed by atoms with E-state index in [0.29, 0.717) is 34.4 Å². The Morgan fingerprint density at radius 2 is 1.75 bits per heavy atom. The molecule has 1 N–H and O–H groups in total. The minimum Gasteiger partial charge on any atom is -0.507 e. The number of halogens is 2. The molecule has 1 saturated heterocycles. The first-order valence-corrected chi connectivity index (χ1v) is 12.1. The molecular formula is C28H25Cl2NO5. The summed E-state index contributed by atoms with van der Waals surface area (Å²) in [5.41, 5.74) is 3.16. The third-order valence-electron chi connectivity index (χ3n) is 6.28. The molecule has 8 heteroatoms. The first-order chi connectivity index (χ1) is 17.2. The molecule has 3 aromatic rings. The van der Waals surface area contributed by atoms with Crippen LogP contribution < -0.4 is 14.4 Å². The molecule has 3 aromatic carbocycles. The number of hydrogen-bond acceptors (Lipinski definition) is 5. The molecule has 0 spiro atoms. The van der Waals surface area contributed by atoms with Crippen LogP contribution in [-0.4, -0.2) is 30.5 Å². The fourth-order valence-electron chi connectivity index (χ4n) is 4.32. The molecule has 1 atom stereocenters. The van der Waals surface area contributed by atoms with Crippen LogP contribution >= 0.6 is 23.2 Å². The van der Waals surface area contributed by atoms with Crippen LogP contribution in [0.25, 0.3) is 5.76 Å². The third kappa shape index (κ3) is 4.43. The highest BCUT2D eigenvalue weighted by molar-refractivity contribution is 6.52. The minimum absolute atomic E-state index is 0.0630. The van der Waals surface area contributed by atoms with Crippen LogP contribution in [0.1, 0.15) is 35.2 Å². The molecule has 1 aliphatic heterocycles. The van der Waals surface area contributed by atoms with Crippen molar-refractivity contribution in [2.24, 2.45) is 0 Å². The number of carbonyl (C=O) groups is 2. The number of rotatable bonds is 6. The number of carbonyl (C=O) groups excluding carboxylic acids is 2. The summed E-state index contributed by atoms with van der Waals surface area (Å²) >= 11 is 12.2. The smallest absolute Gasteiger partial charge is 0.300 e. The summed E-state index contributed by atoms with van der Waals surface area (Å²) in [6.45, 7) is 6.05. The van der Waals surface area contributed by atoms with Gasteiger partial charge in [0.2, 0.25) is 0 Å². The van der Waals surface area contributed by atoms with Crippen molar-refractivity contribution >= 4 is 46.3 Å². The highest BCUT2D eigenvalue weighted by Crippen LogP contribution is 2.45. The zero-order valence-electron chi connectivity index (χ0n) is 20.3. The first kappa shape index (κ1) is 25.6. The van der Waals surface area contributed by atoms with Crippen molar-refractivity contribution in [1.29, 1.82) is 0 Å². The van der Waals surface area contributed by atoms with E-state index >= 15 is 0 Å². The van der Waals surface area contributed by atoms with Gasteiger partial charge in [0.15, 0.2) is 11.5 Å². The lowest BCUT2D eigenvalue weighted by molar-refractivity contribution is -0.132. The number of ketones is 1. The van der Waals surface area contributed by atoms with E-state index in [1.165, 1.54) is 24.1 Å².